The molecule has 162 valence electrons. The van der Waals surface area contributed by atoms with E-state index in [4.69, 9.17) is 4.42 Å². The minimum absolute atomic E-state index is 0.00798. The Labute approximate surface area is 178 Å². The lowest BCUT2D eigenvalue weighted by Crippen LogP contribution is -2.51. The van der Waals surface area contributed by atoms with Crippen LogP contribution in [-0.4, -0.2) is 80.4 Å². The number of furan rings is 1. The normalized spacial score (nSPS) is 14.6. The number of benzene rings is 1. The van der Waals surface area contributed by atoms with Gasteiger partial charge in [-0.25, -0.2) is 0 Å². The fraction of sp³-hybridized carbons (Fsp3) is 0.478. The van der Waals surface area contributed by atoms with Crippen molar-refractivity contribution in [2.45, 2.75) is 20.4 Å². The number of likely N-dealkylation sites (N-methyl/N-ethyl adjacent to an activating group) is 1. The zero-order chi connectivity index (χ0) is 21.8. The second-order valence-corrected chi connectivity index (χ2v) is 8.21. The van der Waals surface area contributed by atoms with Gasteiger partial charge in [-0.15, -0.1) is 0 Å². The molecule has 0 aliphatic carbocycles. The molecule has 2 amide bonds. The average Bonchev–Trinajstić information content (AvgIpc) is 3.06. The van der Waals surface area contributed by atoms with Crippen molar-refractivity contribution in [3.8, 4) is 0 Å². The molecule has 3 rings (SSSR count). The molecule has 1 aliphatic heterocycles. The van der Waals surface area contributed by atoms with Gasteiger partial charge in [0.15, 0.2) is 0 Å². The molecule has 30 heavy (non-hydrogen) atoms. The molecule has 0 N–H and O–H groups in total. The largest absolute Gasteiger partial charge is 0.466 e. The summed E-state index contributed by atoms with van der Waals surface area (Å²) in [6.07, 6.45) is 0. The van der Waals surface area contributed by atoms with Gasteiger partial charge < -0.3 is 19.1 Å². The van der Waals surface area contributed by atoms with E-state index in [1.54, 1.807) is 11.0 Å². The van der Waals surface area contributed by atoms with E-state index in [2.05, 4.69) is 34.1 Å². The first-order chi connectivity index (χ1) is 14.2. The summed E-state index contributed by atoms with van der Waals surface area (Å²) in [7, 11) is 5.86. The van der Waals surface area contributed by atoms with E-state index in [0.29, 0.717) is 50.6 Å². The summed E-state index contributed by atoms with van der Waals surface area (Å²) in [5.74, 6) is 1.51. The van der Waals surface area contributed by atoms with Crippen molar-refractivity contribution < 1.29 is 14.0 Å². The number of nitrogens with zero attached hydrogens (tertiary/aromatic N) is 4. The molecule has 0 radical (unpaired) electrons. The average molecular weight is 413 g/mol. The first kappa shape index (κ1) is 21.9. The third-order valence-corrected chi connectivity index (χ3v) is 5.59. The summed E-state index contributed by atoms with van der Waals surface area (Å²) >= 11 is 0. The van der Waals surface area contributed by atoms with E-state index in [1.807, 2.05) is 39.9 Å². The number of carbonyl (C=O) groups is 2. The van der Waals surface area contributed by atoms with Crippen molar-refractivity contribution >= 4 is 17.5 Å². The molecule has 7 nitrogen and oxygen atoms in total. The van der Waals surface area contributed by atoms with Gasteiger partial charge in [-0.2, -0.15) is 0 Å². The van der Waals surface area contributed by atoms with Gasteiger partial charge >= 0.3 is 0 Å². The summed E-state index contributed by atoms with van der Waals surface area (Å²) in [4.78, 5) is 33.1. The van der Waals surface area contributed by atoms with Gasteiger partial charge in [0.1, 0.15) is 11.5 Å². The Morgan fingerprint density at radius 1 is 1.00 bits per heavy atom. The molecule has 1 aromatic heterocycles. The SMILES string of the molecule is Cc1cc(C(=O)N2CCN(CC(=O)N(C)Cc3ccc(N(C)C)cc3)CC2)c(C)o1. The van der Waals surface area contributed by atoms with Crippen LogP contribution in [0.2, 0.25) is 0 Å². The number of carbonyl (C=O) groups excluding carboxylic acids is 2. The molecular weight excluding hydrogens is 380 g/mol. The van der Waals surface area contributed by atoms with Crippen LogP contribution >= 0.6 is 0 Å². The van der Waals surface area contributed by atoms with Crippen LogP contribution in [0.15, 0.2) is 34.7 Å². The van der Waals surface area contributed by atoms with Crippen LogP contribution in [-0.2, 0) is 11.3 Å². The molecule has 1 saturated heterocycles. The summed E-state index contributed by atoms with van der Waals surface area (Å²) in [5, 5.41) is 0. The summed E-state index contributed by atoms with van der Waals surface area (Å²) in [5.41, 5.74) is 2.88. The smallest absolute Gasteiger partial charge is 0.257 e. The van der Waals surface area contributed by atoms with Gasteiger partial charge in [0.2, 0.25) is 5.91 Å². The third kappa shape index (κ3) is 5.21. The lowest BCUT2D eigenvalue weighted by Gasteiger charge is -2.35. The van der Waals surface area contributed by atoms with Crippen LogP contribution in [0.5, 0.6) is 0 Å². The molecule has 1 fully saturated rings. The van der Waals surface area contributed by atoms with Crippen molar-refractivity contribution in [2.24, 2.45) is 0 Å². The van der Waals surface area contributed by atoms with Crippen molar-refractivity contribution in [1.82, 2.24) is 14.7 Å². The second-order valence-electron chi connectivity index (χ2n) is 8.21. The van der Waals surface area contributed by atoms with Gasteiger partial charge in [-0.3, -0.25) is 14.5 Å². The molecule has 7 heteroatoms. The first-order valence-electron chi connectivity index (χ1n) is 10.3. The lowest BCUT2D eigenvalue weighted by atomic mass is 10.2. The first-order valence-corrected chi connectivity index (χ1v) is 10.3. The highest BCUT2D eigenvalue weighted by Gasteiger charge is 2.26. The van der Waals surface area contributed by atoms with Crippen LogP contribution in [0.1, 0.15) is 27.4 Å². The molecule has 1 aliphatic rings. The fourth-order valence-corrected chi connectivity index (χ4v) is 3.70. The van der Waals surface area contributed by atoms with Crippen molar-refractivity contribution in [1.29, 1.82) is 0 Å². The molecule has 0 bridgehead atoms. The summed E-state index contributed by atoms with van der Waals surface area (Å²) in [6.45, 7) is 7.25. The number of aryl methyl sites for hydroxylation is 2. The second kappa shape index (κ2) is 9.34. The predicted molar refractivity (Wildman–Crippen MR) is 118 cm³/mol. The maximum absolute atomic E-state index is 12.7. The van der Waals surface area contributed by atoms with Crippen LogP contribution < -0.4 is 4.90 Å². The Morgan fingerprint density at radius 2 is 1.63 bits per heavy atom. The Balaban J connectivity index is 1.47. The van der Waals surface area contributed by atoms with E-state index in [-0.39, 0.29) is 11.8 Å². The molecule has 0 saturated carbocycles. The van der Waals surface area contributed by atoms with E-state index >= 15 is 0 Å². The van der Waals surface area contributed by atoms with Crippen molar-refractivity contribution in [3.63, 3.8) is 0 Å². The highest BCUT2D eigenvalue weighted by Crippen LogP contribution is 2.17. The Kier molecular flexibility index (Phi) is 6.82. The zero-order valence-electron chi connectivity index (χ0n) is 18.6. The fourth-order valence-electron chi connectivity index (χ4n) is 3.70. The van der Waals surface area contributed by atoms with Crippen LogP contribution in [0.3, 0.4) is 0 Å². The molecule has 0 atom stereocenters. The highest BCUT2D eigenvalue weighted by atomic mass is 16.3. The lowest BCUT2D eigenvalue weighted by molar-refractivity contribution is -0.132. The molecular formula is C23H32N4O3. The predicted octanol–water partition coefficient (Wildman–Crippen LogP) is 2.38. The monoisotopic (exact) mass is 412 g/mol. The minimum Gasteiger partial charge on any atom is -0.466 e. The number of amides is 2. The van der Waals surface area contributed by atoms with E-state index < -0.39 is 0 Å². The standard InChI is InChI=1S/C23H32N4O3/c1-17-14-21(18(2)30-17)23(29)27-12-10-26(11-13-27)16-22(28)25(5)15-19-6-8-20(9-7-19)24(3)4/h6-9,14H,10-13,15-16H2,1-5H3. The summed E-state index contributed by atoms with van der Waals surface area (Å²) < 4.78 is 5.48. The maximum Gasteiger partial charge on any atom is 0.257 e. The van der Waals surface area contributed by atoms with Gasteiger partial charge in [0.05, 0.1) is 12.1 Å². The Morgan fingerprint density at radius 3 is 2.17 bits per heavy atom. The Hall–Kier alpha value is -2.80. The number of anilines is 1. The summed E-state index contributed by atoms with van der Waals surface area (Å²) in [6, 6.07) is 10.0. The quantitative estimate of drug-likeness (QED) is 0.729. The van der Waals surface area contributed by atoms with Crippen LogP contribution in [0.25, 0.3) is 0 Å². The van der Waals surface area contributed by atoms with Gasteiger partial charge in [-0.05, 0) is 37.6 Å². The number of piperazine rings is 1. The third-order valence-electron chi connectivity index (χ3n) is 5.59. The maximum atomic E-state index is 12.7. The van der Waals surface area contributed by atoms with Crippen molar-refractivity contribution in [3.05, 3.63) is 53.0 Å². The van der Waals surface area contributed by atoms with Gasteiger partial charge in [-0.1, -0.05) is 12.1 Å². The zero-order valence-corrected chi connectivity index (χ0v) is 18.6. The van der Waals surface area contributed by atoms with Gasteiger partial charge in [0.25, 0.3) is 5.91 Å². The van der Waals surface area contributed by atoms with E-state index in [9.17, 15) is 9.59 Å². The number of hydrogen-bond acceptors (Lipinski definition) is 5. The Bertz CT molecular complexity index is 880. The van der Waals surface area contributed by atoms with Crippen molar-refractivity contribution in [2.75, 3.05) is 58.8 Å². The minimum atomic E-state index is 0.00798. The molecule has 0 unspecified atom stereocenters. The topological polar surface area (TPSA) is 60.2 Å². The number of hydrogen-bond donors (Lipinski definition) is 0. The van der Waals surface area contributed by atoms with E-state index in [0.717, 1.165) is 17.0 Å². The highest BCUT2D eigenvalue weighted by molar-refractivity contribution is 5.95. The molecule has 2 heterocycles. The van der Waals surface area contributed by atoms with Crippen LogP contribution in [0.4, 0.5) is 5.69 Å². The number of rotatable bonds is 6. The molecule has 1 aromatic carbocycles. The molecule has 0 spiro atoms. The molecule has 2 aromatic rings. The van der Waals surface area contributed by atoms with Crippen LogP contribution in [0, 0.1) is 13.8 Å². The van der Waals surface area contributed by atoms with Gasteiger partial charge in [0, 0.05) is 59.6 Å². The van der Waals surface area contributed by atoms with E-state index in [1.165, 1.54) is 0 Å².